The van der Waals surface area contributed by atoms with Gasteiger partial charge in [-0.3, -0.25) is 0 Å². The molecule has 4 nitrogen and oxygen atoms in total. The average molecular weight is 258 g/mol. The van der Waals surface area contributed by atoms with E-state index < -0.39 is 23.8 Å². The van der Waals surface area contributed by atoms with Gasteiger partial charge in [-0.25, -0.2) is 4.79 Å². The molecular formula is C14H26O4. The normalized spacial score (nSPS) is 31.4. The molecule has 1 fully saturated rings. The summed E-state index contributed by atoms with van der Waals surface area (Å²) >= 11 is 0. The minimum Gasteiger partial charge on any atom is -0.479 e. The molecule has 0 aromatic heterocycles. The van der Waals surface area contributed by atoms with Crippen molar-refractivity contribution >= 4 is 5.97 Å². The molecule has 4 heteroatoms. The van der Waals surface area contributed by atoms with Crippen molar-refractivity contribution < 1.29 is 19.7 Å². The van der Waals surface area contributed by atoms with Crippen molar-refractivity contribution in [2.24, 2.45) is 5.41 Å². The zero-order valence-electron chi connectivity index (χ0n) is 11.9. The molecule has 1 saturated carbocycles. The molecule has 2 N–H and O–H groups in total. The summed E-state index contributed by atoms with van der Waals surface area (Å²) in [6, 6.07) is 0. The van der Waals surface area contributed by atoms with E-state index in [-0.39, 0.29) is 5.41 Å². The van der Waals surface area contributed by atoms with Crippen LogP contribution < -0.4 is 0 Å². The number of rotatable bonds is 4. The first-order chi connectivity index (χ1) is 8.18. The van der Waals surface area contributed by atoms with Crippen molar-refractivity contribution in [1.82, 2.24) is 0 Å². The van der Waals surface area contributed by atoms with Crippen LogP contribution in [0.3, 0.4) is 0 Å². The molecule has 3 atom stereocenters. The van der Waals surface area contributed by atoms with Crippen molar-refractivity contribution in [3.05, 3.63) is 0 Å². The number of ether oxygens (including phenoxy) is 1. The fourth-order valence-electron chi connectivity index (χ4n) is 2.48. The molecule has 0 radical (unpaired) electrons. The summed E-state index contributed by atoms with van der Waals surface area (Å²) < 4.78 is 5.73. The van der Waals surface area contributed by atoms with E-state index in [0.717, 1.165) is 19.3 Å². The van der Waals surface area contributed by atoms with Gasteiger partial charge in [0.25, 0.3) is 0 Å². The highest BCUT2D eigenvalue weighted by Gasteiger charge is 2.44. The van der Waals surface area contributed by atoms with Gasteiger partial charge in [0.1, 0.15) is 0 Å². The van der Waals surface area contributed by atoms with E-state index in [9.17, 15) is 15.0 Å². The van der Waals surface area contributed by atoms with Crippen LogP contribution in [-0.4, -0.2) is 34.0 Å². The maximum atomic E-state index is 11.6. The summed E-state index contributed by atoms with van der Waals surface area (Å²) in [4.78, 5) is 11.6. The van der Waals surface area contributed by atoms with Gasteiger partial charge in [-0.05, 0) is 51.4 Å². The number of carboxylic acid groups (broad SMARTS) is 1. The first-order valence-electron chi connectivity index (χ1n) is 6.78. The highest BCUT2D eigenvalue weighted by Crippen LogP contribution is 2.40. The Bertz CT molecular complexity index is 298. The van der Waals surface area contributed by atoms with Crippen LogP contribution >= 0.6 is 0 Å². The quantitative estimate of drug-likeness (QED) is 0.761. The van der Waals surface area contributed by atoms with Gasteiger partial charge < -0.3 is 14.9 Å². The lowest BCUT2D eigenvalue weighted by molar-refractivity contribution is -0.183. The molecule has 106 valence electrons. The first kappa shape index (κ1) is 15.4. The van der Waals surface area contributed by atoms with Crippen molar-refractivity contribution in [2.75, 3.05) is 0 Å². The lowest BCUT2D eigenvalue weighted by atomic mass is 9.84. The van der Waals surface area contributed by atoms with Gasteiger partial charge in [-0.2, -0.15) is 0 Å². The predicted octanol–water partition coefficient (Wildman–Crippen LogP) is 2.59. The van der Waals surface area contributed by atoms with Crippen molar-refractivity contribution in [1.29, 1.82) is 0 Å². The molecule has 0 heterocycles. The summed E-state index contributed by atoms with van der Waals surface area (Å²) in [5.41, 5.74) is -0.946. The van der Waals surface area contributed by atoms with Gasteiger partial charge in [0, 0.05) is 0 Å². The van der Waals surface area contributed by atoms with Gasteiger partial charge in [0.05, 0.1) is 12.2 Å². The fourth-order valence-corrected chi connectivity index (χ4v) is 2.48. The van der Waals surface area contributed by atoms with Crippen LogP contribution in [0, 0.1) is 5.41 Å². The monoisotopic (exact) mass is 258 g/mol. The van der Waals surface area contributed by atoms with E-state index in [0.29, 0.717) is 12.8 Å². The molecular weight excluding hydrogens is 232 g/mol. The van der Waals surface area contributed by atoms with Gasteiger partial charge in [0.15, 0.2) is 5.60 Å². The zero-order valence-corrected chi connectivity index (χ0v) is 11.9. The number of hydrogen-bond donors (Lipinski definition) is 2. The maximum absolute atomic E-state index is 11.6. The number of carboxylic acids is 1. The van der Waals surface area contributed by atoms with Crippen molar-refractivity contribution in [2.45, 2.75) is 77.6 Å². The van der Waals surface area contributed by atoms with E-state index in [2.05, 4.69) is 13.8 Å². The molecule has 0 aromatic carbocycles. The minimum absolute atomic E-state index is 0.175. The minimum atomic E-state index is -1.12. The fraction of sp³-hybridized carbons (Fsp3) is 0.929. The Hall–Kier alpha value is -0.610. The van der Waals surface area contributed by atoms with E-state index in [4.69, 9.17) is 4.74 Å². The van der Waals surface area contributed by atoms with E-state index >= 15 is 0 Å². The largest absolute Gasteiger partial charge is 0.479 e. The van der Waals surface area contributed by atoms with Gasteiger partial charge in [0.2, 0.25) is 0 Å². The number of carbonyl (C=O) groups is 1. The van der Waals surface area contributed by atoms with E-state index in [1.165, 1.54) is 0 Å². The average Bonchev–Trinajstić information content (AvgIpc) is 2.38. The van der Waals surface area contributed by atoms with Crippen LogP contribution in [-0.2, 0) is 9.53 Å². The summed E-state index contributed by atoms with van der Waals surface area (Å²) in [7, 11) is 0. The lowest BCUT2D eigenvalue weighted by Gasteiger charge is -2.33. The van der Waals surface area contributed by atoms with Crippen LogP contribution in [0.15, 0.2) is 0 Å². The molecule has 1 aliphatic carbocycles. The zero-order chi connectivity index (χ0) is 14.0. The summed E-state index contributed by atoms with van der Waals surface area (Å²) in [5.74, 6) is -0.896. The third kappa shape index (κ3) is 3.69. The van der Waals surface area contributed by atoms with Gasteiger partial charge >= 0.3 is 5.97 Å². The van der Waals surface area contributed by atoms with Crippen LogP contribution in [0.2, 0.25) is 0 Å². The topological polar surface area (TPSA) is 66.8 Å². The molecule has 0 spiro atoms. The molecule has 0 saturated heterocycles. The third-order valence-electron chi connectivity index (χ3n) is 4.12. The second kappa shape index (κ2) is 5.57. The molecule has 3 unspecified atom stereocenters. The van der Waals surface area contributed by atoms with E-state index in [1.807, 2.05) is 0 Å². The molecule has 0 amide bonds. The first-order valence-corrected chi connectivity index (χ1v) is 6.78. The van der Waals surface area contributed by atoms with Crippen LogP contribution in [0.4, 0.5) is 0 Å². The predicted molar refractivity (Wildman–Crippen MR) is 69.5 cm³/mol. The second-order valence-corrected chi connectivity index (χ2v) is 6.38. The van der Waals surface area contributed by atoms with E-state index in [1.54, 1.807) is 13.8 Å². The molecule has 18 heavy (non-hydrogen) atoms. The Morgan fingerprint density at radius 1 is 1.17 bits per heavy atom. The highest BCUT2D eigenvalue weighted by atomic mass is 16.5. The Morgan fingerprint density at radius 2 is 1.78 bits per heavy atom. The molecule has 1 aliphatic rings. The number of aliphatic carboxylic acids is 1. The summed E-state index contributed by atoms with van der Waals surface area (Å²) in [6.45, 7) is 7.69. The molecule has 0 aromatic rings. The molecule has 1 rings (SSSR count). The third-order valence-corrected chi connectivity index (χ3v) is 4.12. The second-order valence-electron chi connectivity index (χ2n) is 6.38. The highest BCUT2D eigenvalue weighted by molar-refractivity contribution is 5.77. The van der Waals surface area contributed by atoms with Crippen LogP contribution in [0.25, 0.3) is 0 Å². The standard InChI is InChI=1S/C14H26O4/c1-10(15)11(2)18-14(12(16)17)7-5-6-13(3,4)8-9-14/h10-11,15H,5-9H2,1-4H3,(H,16,17). The summed E-state index contributed by atoms with van der Waals surface area (Å²) in [6.07, 6.45) is 2.65. The number of hydrogen-bond acceptors (Lipinski definition) is 3. The number of aliphatic hydroxyl groups is 1. The Balaban J connectivity index is 2.84. The SMILES string of the molecule is CC(O)C(C)OC1(C(=O)O)CCCC(C)(C)CC1. The molecule has 0 aliphatic heterocycles. The van der Waals surface area contributed by atoms with Gasteiger partial charge in [-0.1, -0.05) is 13.8 Å². The van der Waals surface area contributed by atoms with Gasteiger partial charge in [-0.15, -0.1) is 0 Å². The Kier molecular flexibility index (Phi) is 4.78. The molecule has 0 bridgehead atoms. The maximum Gasteiger partial charge on any atom is 0.335 e. The smallest absolute Gasteiger partial charge is 0.335 e. The Morgan fingerprint density at radius 3 is 2.28 bits per heavy atom. The van der Waals surface area contributed by atoms with Crippen molar-refractivity contribution in [3.63, 3.8) is 0 Å². The van der Waals surface area contributed by atoms with Crippen LogP contribution in [0.1, 0.15) is 59.8 Å². The van der Waals surface area contributed by atoms with Crippen molar-refractivity contribution in [3.8, 4) is 0 Å². The lowest BCUT2D eigenvalue weighted by Crippen LogP contribution is -2.46. The van der Waals surface area contributed by atoms with Crippen LogP contribution in [0.5, 0.6) is 0 Å². The summed E-state index contributed by atoms with van der Waals surface area (Å²) in [5, 5.41) is 19.0. The number of aliphatic hydroxyl groups excluding tert-OH is 1. The Labute approximate surface area is 109 Å².